The topological polar surface area (TPSA) is 63.4 Å². The molecule has 0 saturated carbocycles. The fourth-order valence-corrected chi connectivity index (χ4v) is 2.19. The summed E-state index contributed by atoms with van der Waals surface area (Å²) in [5.74, 6) is 0. The van der Waals surface area contributed by atoms with Gasteiger partial charge in [-0.1, -0.05) is 58.8 Å². The lowest BCUT2D eigenvalue weighted by molar-refractivity contribution is -0.535. The van der Waals surface area contributed by atoms with Gasteiger partial charge in [0.15, 0.2) is 0 Å². The summed E-state index contributed by atoms with van der Waals surface area (Å²) in [4.78, 5) is 10.6. The maximum atomic E-state index is 10.9. The average molecular weight is 259 g/mol. The fourth-order valence-electron chi connectivity index (χ4n) is 2.19. The summed E-state index contributed by atoms with van der Waals surface area (Å²) in [5, 5.41) is 20.8. The Morgan fingerprint density at radius 2 is 1.44 bits per heavy atom. The minimum Gasteiger partial charge on any atom is -0.386 e. The van der Waals surface area contributed by atoms with Crippen LogP contribution in [0, 0.1) is 10.1 Å². The lowest BCUT2D eigenvalue weighted by Gasteiger charge is -2.15. The summed E-state index contributed by atoms with van der Waals surface area (Å²) in [5.41, 5.74) is 0. The van der Waals surface area contributed by atoms with Crippen molar-refractivity contribution in [2.75, 3.05) is 0 Å². The molecule has 0 aliphatic rings. The van der Waals surface area contributed by atoms with Crippen molar-refractivity contribution in [3.8, 4) is 0 Å². The highest BCUT2D eigenvalue weighted by Crippen LogP contribution is 2.15. The van der Waals surface area contributed by atoms with Gasteiger partial charge in [-0.05, 0) is 12.8 Å². The molecule has 0 aliphatic carbocycles. The highest BCUT2D eigenvalue weighted by Gasteiger charge is 2.28. The SMILES string of the molecule is CCCCCCC[C@H]([C@H](O)CCCCC)[N+](=O)[O-]. The number of hydrogen-bond acceptors (Lipinski definition) is 3. The lowest BCUT2D eigenvalue weighted by atomic mass is 9.99. The largest absolute Gasteiger partial charge is 0.386 e. The number of nitrogens with zero attached hydrogens (tertiary/aromatic N) is 1. The molecule has 0 aromatic rings. The van der Waals surface area contributed by atoms with E-state index in [-0.39, 0.29) is 4.92 Å². The molecule has 2 atom stereocenters. The van der Waals surface area contributed by atoms with Gasteiger partial charge in [0.25, 0.3) is 0 Å². The van der Waals surface area contributed by atoms with Crippen molar-refractivity contribution < 1.29 is 10.0 Å². The van der Waals surface area contributed by atoms with Crippen LogP contribution >= 0.6 is 0 Å². The van der Waals surface area contributed by atoms with Gasteiger partial charge in [-0.3, -0.25) is 10.1 Å². The number of aliphatic hydroxyl groups is 1. The molecule has 0 saturated heterocycles. The second-order valence-electron chi connectivity index (χ2n) is 5.12. The summed E-state index contributed by atoms with van der Waals surface area (Å²) in [7, 11) is 0. The number of rotatable bonds is 12. The summed E-state index contributed by atoms with van der Waals surface area (Å²) in [6.07, 6.45) is 8.74. The Balaban J connectivity index is 3.86. The van der Waals surface area contributed by atoms with E-state index in [0.717, 1.165) is 38.5 Å². The standard InChI is InChI=1S/C14H29NO3/c1-3-5-7-8-10-11-13(15(17)18)14(16)12-9-6-4-2/h13-14,16H,3-12H2,1-2H3/t13-,14-/m1/s1. The Bertz CT molecular complexity index is 209. The number of aliphatic hydroxyl groups excluding tert-OH is 1. The third-order valence-electron chi connectivity index (χ3n) is 3.42. The third kappa shape index (κ3) is 8.45. The van der Waals surface area contributed by atoms with Gasteiger partial charge in [0.2, 0.25) is 6.04 Å². The molecule has 0 radical (unpaired) electrons. The van der Waals surface area contributed by atoms with Crippen LogP contribution in [0.2, 0.25) is 0 Å². The maximum Gasteiger partial charge on any atom is 0.238 e. The van der Waals surface area contributed by atoms with Crippen LogP contribution in [0.15, 0.2) is 0 Å². The van der Waals surface area contributed by atoms with Crippen LogP contribution in [-0.2, 0) is 0 Å². The predicted molar refractivity (Wildman–Crippen MR) is 74.3 cm³/mol. The van der Waals surface area contributed by atoms with E-state index in [2.05, 4.69) is 13.8 Å². The Morgan fingerprint density at radius 1 is 0.944 bits per heavy atom. The second kappa shape index (κ2) is 11.5. The molecular weight excluding hydrogens is 230 g/mol. The molecule has 4 nitrogen and oxygen atoms in total. The molecule has 0 rings (SSSR count). The summed E-state index contributed by atoms with van der Waals surface area (Å²) in [6.45, 7) is 4.24. The van der Waals surface area contributed by atoms with Crippen LogP contribution in [-0.4, -0.2) is 22.2 Å². The van der Waals surface area contributed by atoms with E-state index in [4.69, 9.17) is 0 Å². The van der Waals surface area contributed by atoms with Gasteiger partial charge in [0.1, 0.15) is 6.10 Å². The van der Waals surface area contributed by atoms with Crippen LogP contribution in [0.4, 0.5) is 0 Å². The molecule has 0 bridgehead atoms. The van der Waals surface area contributed by atoms with E-state index in [1.807, 2.05) is 0 Å². The van der Waals surface area contributed by atoms with Crippen LogP contribution < -0.4 is 0 Å². The van der Waals surface area contributed by atoms with Gasteiger partial charge >= 0.3 is 0 Å². The average Bonchev–Trinajstić information content (AvgIpc) is 2.33. The first-order valence-electron chi connectivity index (χ1n) is 7.45. The monoisotopic (exact) mass is 259 g/mol. The minimum absolute atomic E-state index is 0.295. The first-order chi connectivity index (χ1) is 8.63. The molecular formula is C14H29NO3. The third-order valence-corrected chi connectivity index (χ3v) is 3.42. The van der Waals surface area contributed by atoms with Gasteiger partial charge in [0, 0.05) is 11.3 Å². The molecule has 0 aromatic carbocycles. The van der Waals surface area contributed by atoms with E-state index >= 15 is 0 Å². The minimum atomic E-state index is -0.766. The molecule has 0 aromatic heterocycles. The van der Waals surface area contributed by atoms with E-state index in [1.165, 1.54) is 12.8 Å². The Labute approximate surface area is 111 Å². The van der Waals surface area contributed by atoms with E-state index in [1.54, 1.807) is 0 Å². The van der Waals surface area contributed by atoms with Gasteiger partial charge in [-0.15, -0.1) is 0 Å². The number of unbranched alkanes of at least 4 members (excludes halogenated alkanes) is 6. The van der Waals surface area contributed by atoms with Gasteiger partial charge in [0.05, 0.1) is 0 Å². The summed E-state index contributed by atoms with van der Waals surface area (Å²) >= 11 is 0. The Hall–Kier alpha value is -0.640. The van der Waals surface area contributed by atoms with Crippen molar-refractivity contribution in [3.63, 3.8) is 0 Å². The second-order valence-corrected chi connectivity index (χ2v) is 5.12. The molecule has 4 heteroatoms. The van der Waals surface area contributed by atoms with Crippen molar-refractivity contribution in [1.82, 2.24) is 0 Å². The van der Waals surface area contributed by atoms with Crippen molar-refractivity contribution in [2.45, 2.75) is 90.2 Å². The molecule has 0 unspecified atom stereocenters. The van der Waals surface area contributed by atoms with Gasteiger partial charge in [-0.25, -0.2) is 0 Å². The number of nitro groups is 1. The Kier molecular flexibility index (Phi) is 11.0. The van der Waals surface area contributed by atoms with E-state index in [9.17, 15) is 15.2 Å². The van der Waals surface area contributed by atoms with Crippen LogP contribution in [0.1, 0.15) is 78.1 Å². The van der Waals surface area contributed by atoms with Crippen molar-refractivity contribution in [3.05, 3.63) is 10.1 Å². The lowest BCUT2D eigenvalue weighted by Crippen LogP contribution is -2.33. The molecule has 0 heterocycles. The highest BCUT2D eigenvalue weighted by atomic mass is 16.6. The zero-order valence-electron chi connectivity index (χ0n) is 11.9. The molecule has 0 spiro atoms. The summed E-state index contributed by atoms with van der Waals surface area (Å²) in [6, 6.07) is -0.761. The molecule has 108 valence electrons. The van der Waals surface area contributed by atoms with E-state index in [0.29, 0.717) is 12.8 Å². The fraction of sp³-hybridized carbons (Fsp3) is 1.00. The van der Waals surface area contributed by atoms with Crippen LogP contribution in [0.3, 0.4) is 0 Å². The molecule has 1 N–H and O–H groups in total. The summed E-state index contributed by atoms with van der Waals surface area (Å²) < 4.78 is 0. The predicted octanol–water partition coefficient (Wildman–Crippen LogP) is 3.93. The van der Waals surface area contributed by atoms with Gasteiger partial charge in [-0.2, -0.15) is 0 Å². The molecule has 0 aliphatic heterocycles. The zero-order chi connectivity index (χ0) is 13.8. The Morgan fingerprint density at radius 3 is 2.00 bits per heavy atom. The normalized spacial score (nSPS) is 14.4. The quantitative estimate of drug-likeness (QED) is 0.328. The zero-order valence-corrected chi connectivity index (χ0v) is 11.9. The first-order valence-corrected chi connectivity index (χ1v) is 7.45. The van der Waals surface area contributed by atoms with E-state index < -0.39 is 12.1 Å². The maximum absolute atomic E-state index is 10.9. The van der Waals surface area contributed by atoms with Crippen molar-refractivity contribution >= 4 is 0 Å². The van der Waals surface area contributed by atoms with Crippen LogP contribution in [0.25, 0.3) is 0 Å². The molecule has 0 amide bonds. The smallest absolute Gasteiger partial charge is 0.238 e. The van der Waals surface area contributed by atoms with Crippen molar-refractivity contribution in [2.24, 2.45) is 0 Å². The molecule has 18 heavy (non-hydrogen) atoms. The van der Waals surface area contributed by atoms with Crippen molar-refractivity contribution in [1.29, 1.82) is 0 Å². The highest BCUT2D eigenvalue weighted by molar-refractivity contribution is 4.68. The number of hydrogen-bond donors (Lipinski definition) is 1. The van der Waals surface area contributed by atoms with Gasteiger partial charge < -0.3 is 5.11 Å². The van der Waals surface area contributed by atoms with Crippen LogP contribution in [0.5, 0.6) is 0 Å². The first kappa shape index (κ1) is 17.4. The molecule has 0 fully saturated rings.